The highest BCUT2D eigenvalue weighted by Crippen LogP contribution is 2.26. The molecule has 2 rings (SSSR count). The van der Waals surface area contributed by atoms with Crippen LogP contribution in [0.3, 0.4) is 0 Å². The predicted molar refractivity (Wildman–Crippen MR) is 64.4 cm³/mol. The van der Waals surface area contributed by atoms with E-state index in [2.05, 4.69) is 18.0 Å². The van der Waals surface area contributed by atoms with Crippen LogP contribution >= 0.6 is 23.6 Å². The molecule has 1 N–H and O–H groups in total. The van der Waals surface area contributed by atoms with Gasteiger partial charge in [0.05, 0.1) is 16.1 Å². The molecule has 2 nitrogen and oxygen atoms in total. The number of hydrogen-bond donors (Lipinski definition) is 1. The van der Waals surface area contributed by atoms with Gasteiger partial charge in [-0.05, 0) is 31.2 Å². The summed E-state index contributed by atoms with van der Waals surface area (Å²) in [4.78, 5) is 5.46. The molecule has 0 aliphatic rings. The topological polar surface area (TPSA) is 39.6 Å². The number of aryl methyl sites for hydroxylation is 1. The van der Waals surface area contributed by atoms with Gasteiger partial charge in [-0.2, -0.15) is 5.26 Å². The first-order valence-corrected chi connectivity index (χ1v) is 5.63. The zero-order valence-electron chi connectivity index (χ0n) is 8.07. The number of aromatic amines is 1. The van der Waals surface area contributed by atoms with Crippen LogP contribution in [0.5, 0.6) is 0 Å². The van der Waals surface area contributed by atoms with Gasteiger partial charge in [-0.1, -0.05) is 12.2 Å². The molecule has 0 unspecified atom stereocenters. The van der Waals surface area contributed by atoms with E-state index in [0.717, 1.165) is 10.6 Å². The third kappa shape index (κ3) is 1.99. The van der Waals surface area contributed by atoms with Crippen LogP contribution in [0.2, 0.25) is 0 Å². The van der Waals surface area contributed by atoms with E-state index in [1.54, 1.807) is 17.4 Å². The summed E-state index contributed by atoms with van der Waals surface area (Å²) in [6.45, 7) is 2.06. The number of nitrogens with one attached hydrogen (secondary N) is 1. The van der Waals surface area contributed by atoms with Gasteiger partial charge >= 0.3 is 0 Å². The minimum absolute atomic E-state index is 0.501. The third-order valence-electron chi connectivity index (χ3n) is 2.04. The van der Waals surface area contributed by atoms with Gasteiger partial charge in [-0.15, -0.1) is 11.3 Å². The van der Waals surface area contributed by atoms with Crippen LogP contribution in [0.25, 0.3) is 10.6 Å². The molecule has 0 saturated heterocycles. The fraction of sp³-hybridized carbons (Fsp3) is 0.0909. The van der Waals surface area contributed by atoms with E-state index in [0.29, 0.717) is 10.2 Å². The SMILES string of the molecule is Cc1ccc(-c2ccc(C#N)c(=S)[nH]2)s1. The lowest BCUT2D eigenvalue weighted by Gasteiger charge is -1.98. The van der Waals surface area contributed by atoms with Crippen LogP contribution in [-0.4, -0.2) is 4.98 Å². The van der Waals surface area contributed by atoms with Gasteiger partial charge in [0.1, 0.15) is 10.7 Å². The maximum Gasteiger partial charge on any atom is 0.121 e. The second kappa shape index (κ2) is 3.97. The van der Waals surface area contributed by atoms with Crippen LogP contribution in [-0.2, 0) is 0 Å². The Labute approximate surface area is 96.8 Å². The highest BCUT2D eigenvalue weighted by molar-refractivity contribution is 7.71. The standard InChI is InChI=1S/C11H8N2S2/c1-7-2-5-10(15-7)9-4-3-8(6-12)11(14)13-9/h2-5H,1H3,(H,13,14). The van der Waals surface area contributed by atoms with E-state index in [-0.39, 0.29) is 0 Å². The molecule has 0 fully saturated rings. The number of aromatic nitrogens is 1. The Morgan fingerprint density at radius 2 is 2.13 bits per heavy atom. The van der Waals surface area contributed by atoms with Crippen molar-refractivity contribution in [1.29, 1.82) is 5.26 Å². The lowest BCUT2D eigenvalue weighted by molar-refractivity contribution is 1.28. The molecule has 2 aromatic heterocycles. The largest absolute Gasteiger partial charge is 0.344 e. The number of thiophene rings is 1. The average molecular weight is 232 g/mol. The minimum Gasteiger partial charge on any atom is -0.344 e. The number of nitrogens with zero attached hydrogens (tertiary/aromatic N) is 1. The molecule has 0 aliphatic carbocycles. The van der Waals surface area contributed by atoms with Crippen LogP contribution in [0.1, 0.15) is 10.4 Å². The first-order valence-electron chi connectivity index (χ1n) is 4.41. The molecular formula is C11H8N2S2. The predicted octanol–water partition coefficient (Wildman–Crippen LogP) is 3.65. The molecule has 2 aromatic rings. The lowest BCUT2D eigenvalue weighted by Crippen LogP contribution is -1.84. The number of H-pyrrole nitrogens is 1. The van der Waals surface area contributed by atoms with Gasteiger partial charge < -0.3 is 4.98 Å². The quantitative estimate of drug-likeness (QED) is 0.762. The van der Waals surface area contributed by atoms with Crippen molar-refractivity contribution < 1.29 is 0 Å². The molecule has 2 heterocycles. The first kappa shape index (κ1) is 10.1. The van der Waals surface area contributed by atoms with Crippen molar-refractivity contribution >= 4 is 23.6 Å². The van der Waals surface area contributed by atoms with Gasteiger partial charge in [-0.25, -0.2) is 0 Å². The fourth-order valence-corrected chi connectivity index (χ4v) is 2.36. The van der Waals surface area contributed by atoms with Gasteiger partial charge in [0, 0.05) is 4.88 Å². The number of pyridine rings is 1. The second-order valence-electron chi connectivity index (χ2n) is 3.14. The van der Waals surface area contributed by atoms with Gasteiger partial charge in [0.2, 0.25) is 0 Å². The van der Waals surface area contributed by atoms with E-state index in [9.17, 15) is 0 Å². The lowest BCUT2D eigenvalue weighted by atomic mass is 10.2. The maximum absolute atomic E-state index is 8.75. The Balaban J connectivity index is 2.53. The zero-order chi connectivity index (χ0) is 10.8. The summed E-state index contributed by atoms with van der Waals surface area (Å²) in [5.74, 6) is 0. The van der Waals surface area contributed by atoms with Crippen LogP contribution < -0.4 is 0 Å². The van der Waals surface area contributed by atoms with Gasteiger partial charge in [0.15, 0.2) is 0 Å². The van der Waals surface area contributed by atoms with Crippen molar-refractivity contribution in [3.63, 3.8) is 0 Å². The monoisotopic (exact) mass is 232 g/mol. The third-order valence-corrected chi connectivity index (χ3v) is 3.39. The van der Waals surface area contributed by atoms with Gasteiger partial charge in [-0.3, -0.25) is 0 Å². The molecule has 4 heteroatoms. The average Bonchev–Trinajstić information content (AvgIpc) is 2.65. The zero-order valence-corrected chi connectivity index (χ0v) is 9.71. The summed E-state index contributed by atoms with van der Waals surface area (Å²) in [5.41, 5.74) is 1.49. The highest BCUT2D eigenvalue weighted by Gasteiger charge is 2.02. The summed E-state index contributed by atoms with van der Waals surface area (Å²) in [5, 5.41) is 8.75. The van der Waals surface area contributed by atoms with Crippen molar-refractivity contribution in [1.82, 2.24) is 4.98 Å². The Hall–Kier alpha value is -1.44. The minimum atomic E-state index is 0.501. The number of hydrogen-bond acceptors (Lipinski definition) is 3. The van der Waals surface area contributed by atoms with Crippen molar-refractivity contribution in [2.45, 2.75) is 6.92 Å². The van der Waals surface area contributed by atoms with E-state index < -0.39 is 0 Å². The van der Waals surface area contributed by atoms with E-state index in [4.69, 9.17) is 17.5 Å². The molecule has 0 spiro atoms. The Bertz CT molecular complexity index is 587. The van der Waals surface area contributed by atoms with Crippen molar-refractivity contribution in [2.75, 3.05) is 0 Å². The molecular weight excluding hydrogens is 224 g/mol. The van der Waals surface area contributed by atoms with Crippen molar-refractivity contribution in [3.05, 3.63) is 39.3 Å². The maximum atomic E-state index is 8.75. The smallest absolute Gasteiger partial charge is 0.121 e. The van der Waals surface area contributed by atoms with Crippen LogP contribution in [0.15, 0.2) is 24.3 Å². The molecule has 0 radical (unpaired) electrons. The molecule has 0 amide bonds. The molecule has 0 atom stereocenters. The second-order valence-corrected chi connectivity index (χ2v) is 4.83. The first-order chi connectivity index (χ1) is 7.20. The summed E-state index contributed by atoms with van der Waals surface area (Å²) in [6.07, 6.45) is 0. The molecule has 0 saturated carbocycles. The normalized spacial score (nSPS) is 9.87. The summed E-state index contributed by atoms with van der Waals surface area (Å²) >= 11 is 6.77. The van der Waals surface area contributed by atoms with E-state index >= 15 is 0 Å². The highest BCUT2D eigenvalue weighted by atomic mass is 32.1. The number of rotatable bonds is 1. The van der Waals surface area contributed by atoms with Crippen LogP contribution in [0, 0.1) is 22.9 Å². The van der Waals surface area contributed by atoms with Crippen molar-refractivity contribution in [3.8, 4) is 16.6 Å². The molecule has 0 aliphatic heterocycles. The molecule has 0 bridgehead atoms. The molecule has 0 aromatic carbocycles. The number of nitriles is 1. The van der Waals surface area contributed by atoms with Gasteiger partial charge in [0.25, 0.3) is 0 Å². The van der Waals surface area contributed by atoms with Crippen molar-refractivity contribution in [2.24, 2.45) is 0 Å². The Morgan fingerprint density at radius 1 is 1.33 bits per heavy atom. The Morgan fingerprint density at radius 3 is 2.67 bits per heavy atom. The van der Waals surface area contributed by atoms with E-state index in [1.807, 2.05) is 18.2 Å². The molecule has 15 heavy (non-hydrogen) atoms. The summed E-state index contributed by atoms with van der Waals surface area (Å²) < 4.78 is 0.501. The summed E-state index contributed by atoms with van der Waals surface area (Å²) in [7, 11) is 0. The van der Waals surface area contributed by atoms with Crippen LogP contribution in [0.4, 0.5) is 0 Å². The molecule has 74 valence electrons. The summed E-state index contributed by atoms with van der Waals surface area (Å²) in [6, 6.07) is 9.80. The fourth-order valence-electron chi connectivity index (χ4n) is 1.28. The van der Waals surface area contributed by atoms with E-state index in [1.165, 1.54) is 4.88 Å². The Kier molecular flexibility index (Phi) is 2.67.